The molecular weight excluding hydrogens is 436 g/mol. The number of anilines is 1. The summed E-state index contributed by atoms with van der Waals surface area (Å²) in [4.78, 5) is 11.5. The Bertz CT molecular complexity index is 1030. The van der Waals surface area contributed by atoms with Crippen LogP contribution in [0.3, 0.4) is 0 Å². The summed E-state index contributed by atoms with van der Waals surface area (Å²) in [7, 11) is 3.21. The van der Waals surface area contributed by atoms with Gasteiger partial charge in [0.15, 0.2) is 11.5 Å². The van der Waals surface area contributed by atoms with Crippen molar-refractivity contribution < 1.29 is 14.4 Å². The van der Waals surface area contributed by atoms with E-state index >= 15 is 0 Å². The van der Waals surface area contributed by atoms with Gasteiger partial charge in [0.25, 0.3) is 5.69 Å². The summed E-state index contributed by atoms with van der Waals surface area (Å²) in [5.41, 5.74) is 4.88. The van der Waals surface area contributed by atoms with Gasteiger partial charge in [-0.3, -0.25) is 10.1 Å². The maximum absolute atomic E-state index is 11.8. The molecular formula is C22H23BrN2O4. The van der Waals surface area contributed by atoms with Crippen molar-refractivity contribution in [2.45, 2.75) is 32.2 Å². The van der Waals surface area contributed by atoms with Gasteiger partial charge in [0.1, 0.15) is 5.69 Å². The van der Waals surface area contributed by atoms with Gasteiger partial charge in [-0.05, 0) is 76.5 Å². The van der Waals surface area contributed by atoms with E-state index in [4.69, 9.17) is 9.47 Å². The van der Waals surface area contributed by atoms with Crippen LogP contribution < -0.4 is 14.8 Å². The van der Waals surface area contributed by atoms with Gasteiger partial charge < -0.3 is 14.8 Å². The second kappa shape index (κ2) is 7.37. The fourth-order valence-electron chi connectivity index (χ4n) is 4.67. The molecule has 152 valence electrons. The van der Waals surface area contributed by atoms with Crippen molar-refractivity contribution in [3.05, 3.63) is 67.2 Å². The van der Waals surface area contributed by atoms with E-state index in [0.717, 1.165) is 33.1 Å². The number of allylic oxidation sites excluding steroid dienone is 2. The molecule has 0 saturated carbocycles. The number of hydrogen-bond acceptors (Lipinski definition) is 5. The fourth-order valence-corrected chi connectivity index (χ4v) is 5.29. The van der Waals surface area contributed by atoms with Crippen LogP contribution in [-0.2, 0) is 0 Å². The molecule has 6 nitrogen and oxygen atoms in total. The number of aryl methyl sites for hydroxylation is 1. The Kier molecular flexibility index (Phi) is 5.02. The molecule has 1 aliphatic carbocycles. The van der Waals surface area contributed by atoms with E-state index in [9.17, 15) is 10.1 Å². The summed E-state index contributed by atoms with van der Waals surface area (Å²) in [5, 5.41) is 15.3. The Morgan fingerprint density at radius 1 is 1.21 bits per heavy atom. The third-order valence-corrected chi connectivity index (χ3v) is 6.75. The minimum absolute atomic E-state index is 0.0839. The maximum Gasteiger partial charge on any atom is 0.292 e. The molecule has 2 aromatic rings. The van der Waals surface area contributed by atoms with E-state index in [0.29, 0.717) is 17.2 Å². The number of nitrogens with one attached hydrogen (secondary N) is 1. The van der Waals surface area contributed by atoms with Crippen molar-refractivity contribution in [3.8, 4) is 11.5 Å². The molecule has 29 heavy (non-hydrogen) atoms. The molecule has 2 aliphatic rings. The highest BCUT2D eigenvalue weighted by Gasteiger charge is 2.42. The summed E-state index contributed by atoms with van der Waals surface area (Å²) >= 11 is 3.57. The lowest BCUT2D eigenvalue weighted by molar-refractivity contribution is -0.384. The van der Waals surface area contributed by atoms with Gasteiger partial charge in [-0.2, -0.15) is 0 Å². The minimum Gasteiger partial charge on any atom is -0.493 e. The molecule has 7 heteroatoms. The lowest BCUT2D eigenvalue weighted by atomic mass is 9.74. The average Bonchev–Trinajstić information content (AvgIpc) is 3.18. The standard InChI is InChI=1S/C22H23BrN2O4/c1-11-8-17(25(26)27)21-19(12(11)2)14-6-5-7-15(14)20(24-21)13-9-16(23)22(29-4)18(10-13)28-3/h5-6,8-10,14-15,20,24H,7H2,1-4H3/t14-,15+,20-/m0/s1. The van der Waals surface area contributed by atoms with Gasteiger partial charge in [-0.15, -0.1) is 0 Å². The maximum atomic E-state index is 11.8. The van der Waals surface area contributed by atoms with Crippen molar-refractivity contribution in [2.75, 3.05) is 19.5 Å². The number of halogens is 1. The lowest BCUT2D eigenvalue weighted by Crippen LogP contribution is -2.30. The summed E-state index contributed by atoms with van der Waals surface area (Å²) in [5.74, 6) is 1.67. The van der Waals surface area contributed by atoms with Crippen LogP contribution >= 0.6 is 15.9 Å². The number of benzene rings is 2. The van der Waals surface area contributed by atoms with Gasteiger partial charge in [0, 0.05) is 12.0 Å². The molecule has 0 aromatic heterocycles. The van der Waals surface area contributed by atoms with Gasteiger partial charge >= 0.3 is 0 Å². The van der Waals surface area contributed by atoms with Crippen LogP contribution in [0.25, 0.3) is 0 Å². The zero-order chi connectivity index (χ0) is 20.9. The van der Waals surface area contributed by atoms with E-state index in [2.05, 4.69) is 40.3 Å². The second-order valence-electron chi connectivity index (χ2n) is 7.60. The number of nitro benzene ring substituents is 1. The lowest BCUT2D eigenvalue weighted by Gasteiger charge is -2.38. The molecule has 1 heterocycles. The van der Waals surface area contributed by atoms with Crippen molar-refractivity contribution in [1.82, 2.24) is 0 Å². The first-order chi connectivity index (χ1) is 13.9. The van der Waals surface area contributed by atoms with Crippen LogP contribution in [0.15, 0.2) is 34.8 Å². The highest BCUT2D eigenvalue weighted by atomic mass is 79.9. The predicted molar refractivity (Wildman–Crippen MR) is 116 cm³/mol. The molecule has 0 unspecified atom stereocenters. The normalized spacial score (nSPS) is 21.9. The Morgan fingerprint density at radius 2 is 1.97 bits per heavy atom. The fraction of sp³-hybridized carbons (Fsp3) is 0.364. The Balaban J connectivity index is 1.90. The first-order valence-corrected chi connectivity index (χ1v) is 10.3. The molecule has 0 saturated heterocycles. The van der Waals surface area contributed by atoms with Crippen LogP contribution in [0.5, 0.6) is 11.5 Å². The molecule has 0 spiro atoms. The largest absolute Gasteiger partial charge is 0.493 e. The van der Waals surface area contributed by atoms with Crippen molar-refractivity contribution in [3.63, 3.8) is 0 Å². The quantitative estimate of drug-likeness (QED) is 0.355. The molecule has 0 amide bonds. The highest BCUT2D eigenvalue weighted by molar-refractivity contribution is 9.10. The number of nitrogens with zero attached hydrogens (tertiary/aromatic N) is 1. The summed E-state index contributed by atoms with van der Waals surface area (Å²) in [6.07, 6.45) is 5.29. The summed E-state index contributed by atoms with van der Waals surface area (Å²) in [6, 6.07) is 5.54. The number of rotatable bonds is 4. The second-order valence-corrected chi connectivity index (χ2v) is 8.45. The van der Waals surface area contributed by atoms with Gasteiger partial charge in [0.2, 0.25) is 0 Å². The van der Waals surface area contributed by atoms with Gasteiger partial charge in [-0.1, -0.05) is 12.2 Å². The average molecular weight is 459 g/mol. The topological polar surface area (TPSA) is 73.6 Å². The van der Waals surface area contributed by atoms with Crippen LogP contribution in [0.4, 0.5) is 11.4 Å². The predicted octanol–water partition coefficient (Wildman–Crippen LogP) is 5.82. The van der Waals surface area contributed by atoms with E-state index in [1.165, 1.54) is 0 Å². The number of ether oxygens (including phenoxy) is 2. The van der Waals surface area contributed by atoms with Crippen LogP contribution in [0.1, 0.15) is 40.6 Å². The highest BCUT2D eigenvalue weighted by Crippen LogP contribution is 2.54. The van der Waals surface area contributed by atoms with E-state index < -0.39 is 0 Å². The molecule has 0 bridgehead atoms. The molecule has 3 atom stereocenters. The SMILES string of the molecule is COc1cc([C@@H]2Nc3c([N+](=O)[O-])cc(C)c(C)c3[C@H]3C=CC[C@H]32)cc(Br)c1OC. The number of hydrogen-bond donors (Lipinski definition) is 1. The zero-order valence-electron chi connectivity index (χ0n) is 16.8. The van der Waals surface area contributed by atoms with Crippen LogP contribution in [-0.4, -0.2) is 19.1 Å². The van der Waals surface area contributed by atoms with Gasteiger partial charge in [0.05, 0.1) is 29.7 Å². The monoisotopic (exact) mass is 458 g/mol. The molecule has 2 aromatic carbocycles. The first kappa shape index (κ1) is 19.8. The first-order valence-electron chi connectivity index (χ1n) is 9.50. The summed E-state index contributed by atoms with van der Waals surface area (Å²) in [6.45, 7) is 3.99. The molecule has 1 aliphatic heterocycles. The third-order valence-electron chi connectivity index (χ3n) is 6.16. The Hall–Kier alpha value is -2.54. The molecule has 0 radical (unpaired) electrons. The minimum atomic E-state index is -0.293. The van der Waals surface area contributed by atoms with E-state index in [1.54, 1.807) is 20.3 Å². The van der Waals surface area contributed by atoms with Gasteiger partial charge in [-0.25, -0.2) is 0 Å². The van der Waals surface area contributed by atoms with Crippen molar-refractivity contribution in [1.29, 1.82) is 0 Å². The molecule has 0 fully saturated rings. The van der Waals surface area contributed by atoms with Crippen molar-refractivity contribution in [2.24, 2.45) is 5.92 Å². The van der Waals surface area contributed by atoms with Crippen LogP contribution in [0.2, 0.25) is 0 Å². The Morgan fingerprint density at radius 3 is 2.62 bits per heavy atom. The third kappa shape index (κ3) is 3.08. The van der Waals surface area contributed by atoms with E-state index in [1.807, 2.05) is 19.1 Å². The summed E-state index contributed by atoms with van der Waals surface area (Å²) < 4.78 is 11.7. The molecule has 4 rings (SSSR count). The van der Waals surface area contributed by atoms with E-state index in [-0.39, 0.29) is 28.5 Å². The smallest absolute Gasteiger partial charge is 0.292 e. The number of methoxy groups -OCH3 is 2. The number of fused-ring (bicyclic) bond motifs is 3. The van der Waals surface area contributed by atoms with Crippen molar-refractivity contribution >= 4 is 27.3 Å². The van der Waals surface area contributed by atoms with Crippen LogP contribution in [0, 0.1) is 29.9 Å². The molecule has 1 N–H and O–H groups in total. The Labute approximate surface area is 178 Å². The number of nitro groups is 1. The zero-order valence-corrected chi connectivity index (χ0v) is 18.4.